The van der Waals surface area contributed by atoms with E-state index in [1.807, 2.05) is 33.8 Å². The minimum atomic E-state index is -0.607. The monoisotopic (exact) mass is 341 g/mol. The highest BCUT2D eigenvalue weighted by atomic mass is 16.7. The molecule has 0 atom stereocenters. The van der Waals surface area contributed by atoms with Crippen molar-refractivity contribution in [2.24, 2.45) is 0 Å². The molecule has 0 aromatic heterocycles. The summed E-state index contributed by atoms with van der Waals surface area (Å²) in [5.74, 6) is 0.681. The van der Waals surface area contributed by atoms with Crippen molar-refractivity contribution in [3.63, 3.8) is 0 Å². The van der Waals surface area contributed by atoms with Crippen LogP contribution < -0.4 is 10.2 Å². The van der Waals surface area contributed by atoms with Crippen LogP contribution in [0.3, 0.4) is 0 Å². The molecule has 130 valence electrons. The Morgan fingerprint density at radius 1 is 1.00 bits per heavy atom. The summed E-state index contributed by atoms with van der Waals surface area (Å²) in [5.41, 5.74) is -0.404. The molecule has 1 heterocycles. The van der Waals surface area contributed by atoms with E-state index >= 15 is 0 Å². The Morgan fingerprint density at radius 3 is 2.16 bits per heavy atom. The van der Waals surface area contributed by atoms with Gasteiger partial charge in [0, 0.05) is 6.07 Å². The summed E-state index contributed by atoms with van der Waals surface area (Å²) in [7, 11) is -0.607. The van der Waals surface area contributed by atoms with Crippen LogP contribution in [-0.2, 0) is 9.31 Å². The number of rotatable bonds is 4. The summed E-state index contributed by atoms with van der Waals surface area (Å²) in [6.07, 6.45) is 0. The van der Waals surface area contributed by atoms with E-state index in [1.54, 1.807) is 36.4 Å². The van der Waals surface area contributed by atoms with Crippen LogP contribution in [-0.4, -0.2) is 23.2 Å². The molecule has 2 aromatic carbocycles. The van der Waals surface area contributed by atoms with Crippen LogP contribution in [0.4, 0.5) is 5.69 Å². The van der Waals surface area contributed by atoms with Crippen molar-refractivity contribution in [2.75, 3.05) is 0 Å². The third-order valence-corrected chi connectivity index (χ3v) is 4.68. The fourth-order valence-corrected chi connectivity index (χ4v) is 2.50. The summed E-state index contributed by atoms with van der Waals surface area (Å²) in [6.45, 7) is 7.83. The molecule has 1 fully saturated rings. The number of nitro groups is 1. The molecular weight excluding hydrogens is 321 g/mol. The first-order valence-corrected chi connectivity index (χ1v) is 8.06. The maximum Gasteiger partial charge on any atom is 0.494 e. The molecule has 0 amide bonds. The number of nitro benzene ring substituents is 1. The fourth-order valence-electron chi connectivity index (χ4n) is 2.50. The van der Waals surface area contributed by atoms with Crippen LogP contribution in [0.2, 0.25) is 0 Å². The molecule has 25 heavy (non-hydrogen) atoms. The van der Waals surface area contributed by atoms with E-state index in [0.717, 1.165) is 0 Å². The van der Waals surface area contributed by atoms with Gasteiger partial charge in [-0.1, -0.05) is 24.3 Å². The van der Waals surface area contributed by atoms with E-state index in [0.29, 0.717) is 11.2 Å². The standard InChI is InChI=1S/C18H20BNO5/c1-17(2)18(3,4)25-19(24-17)13-10-11-15(20(21)22)16(12-13)23-14-8-6-5-7-9-14/h5-12H,1-4H3. The molecule has 2 aromatic rings. The van der Waals surface area contributed by atoms with Gasteiger partial charge in [-0.3, -0.25) is 10.1 Å². The largest absolute Gasteiger partial charge is 0.494 e. The summed E-state index contributed by atoms with van der Waals surface area (Å²) in [4.78, 5) is 10.8. The second-order valence-electron chi connectivity index (χ2n) is 6.99. The highest BCUT2D eigenvalue weighted by molar-refractivity contribution is 6.62. The van der Waals surface area contributed by atoms with E-state index in [9.17, 15) is 10.1 Å². The average Bonchev–Trinajstić information content (AvgIpc) is 2.76. The highest BCUT2D eigenvalue weighted by Crippen LogP contribution is 2.37. The molecule has 7 heteroatoms. The van der Waals surface area contributed by atoms with Crippen molar-refractivity contribution in [2.45, 2.75) is 38.9 Å². The van der Waals surface area contributed by atoms with Crippen molar-refractivity contribution in [3.05, 3.63) is 58.6 Å². The van der Waals surface area contributed by atoms with Crippen LogP contribution in [0.15, 0.2) is 48.5 Å². The minimum Gasteiger partial charge on any atom is -0.450 e. The Kier molecular flexibility index (Phi) is 4.30. The van der Waals surface area contributed by atoms with Gasteiger partial charge in [0.1, 0.15) is 5.75 Å². The molecule has 0 unspecified atom stereocenters. The van der Waals surface area contributed by atoms with Crippen molar-refractivity contribution in [1.29, 1.82) is 0 Å². The lowest BCUT2D eigenvalue weighted by Gasteiger charge is -2.32. The Balaban J connectivity index is 1.95. The van der Waals surface area contributed by atoms with Gasteiger partial charge in [-0.25, -0.2) is 0 Å². The molecule has 0 radical (unpaired) electrons. The van der Waals surface area contributed by atoms with Crippen LogP contribution >= 0.6 is 0 Å². The Morgan fingerprint density at radius 2 is 1.60 bits per heavy atom. The van der Waals surface area contributed by atoms with Crippen LogP contribution in [0, 0.1) is 10.1 Å². The number of benzene rings is 2. The third-order valence-electron chi connectivity index (χ3n) is 4.68. The maximum atomic E-state index is 11.3. The Labute approximate surface area is 147 Å². The first kappa shape index (κ1) is 17.4. The molecule has 0 aliphatic carbocycles. The molecule has 0 spiro atoms. The molecule has 0 saturated carbocycles. The van der Waals surface area contributed by atoms with Gasteiger partial charge in [-0.15, -0.1) is 0 Å². The zero-order valence-electron chi connectivity index (χ0n) is 14.7. The predicted octanol–water partition coefficient (Wildman–Crippen LogP) is 3.69. The number of nitrogens with zero attached hydrogens (tertiary/aromatic N) is 1. The van der Waals surface area contributed by atoms with E-state index in [2.05, 4.69) is 0 Å². The third kappa shape index (κ3) is 3.38. The molecule has 1 aliphatic rings. The topological polar surface area (TPSA) is 70.8 Å². The molecule has 0 N–H and O–H groups in total. The molecule has 6 nitrogen and oxygen atoms in total. The second-order valence-corrected chi connectivity index (χ2v) is 6.99. The zero-order chi connectivity index (χ0) is 18.2. The Bertz CT molecular complexity index is 775. The van der Waals surface area contributed by atoms with E-state index in [4.69, 9.17) is 14.0 Å². The highest BCUT2D eigenvalue weighted by Gasteiger charge is 2.51. The van der Waals surface area contributed by atoms with Crippen LogP contribution in [0.5, 0.6) is 11.5 Å². The predicted molar refractivity (Wildman–Crippen MR) is 95.3 cm³/mol. The molecule has 0 bridgehead atoms. The normalized spacial score (nSPS) is 18.2. The summed E-state index contributed by atoms with van der Waals surface area (Å²) in [6, 6.07) is 13.6. The van der Waals surface area contributed by atoms with Gasteiger partial charge < -0.3 is 14.0 Å². The van der Waals surface area contributed by atoms with Gasteiger partial charge in [-0.2, -0.15) is 0 Å². The smallest absolute Gasteiger partial charge is 0.450 e. The van der Waals surface area contributed by atoms with Gasteiger partial charge >= 0.3 is 12.8 Å². The quantitative estimate of drug-likeness (QED) is 0.482. The van der Waals surface area contributed by atoms with Gasteiger partial charge in [0.15, 0.2) is 0 Å². The maximum absolute atomic E-state index is 11.3. The van der Waals surface area contributed by atoms with Crippen LogP contribution in [0.25, 0.3) is 0 Å². The SMILES string of the molecule is CC1(C)OB(c2ccc([N+](=O)[O-])c(Oc3ccccc3)c2)OC1(C)C. The first-order valence-electron chi connectivity index (χ1n) is 8.06. The number of hydrogen-bond acceptors (Lipinski definition) is 5. The average molecular weight is 341 g/mol. The van der Waals surface area contributed by atoms with Gasteiger partial charge in [-0.05, 0) is 51.4 Å². The van der Waals surface area contributed by atoms with Crippen molar-refractivity contribution >= 4 is 18.3 Å². The number of ether oxygens (including phenoxy) is 1. The van der Waals surface area contributed by atoms with E-state index in [1.165, 1.54) is 6.07 Å². The minimum absolute atomic E-state index is 0.107. The fraction of sp³-hybridized carbons (Fsp3) is 0.333. The first-order chi connectivity index (χ1) is 11.7. The molecule has 3 rings (SSSR count). The van der Waals surface area contributed by atoms with Gasteiger partial charge in [0.05, 0.1) is 16.1 Å². The van der Waals surface area contributed by atoms with Crippen molar-refractivity contribution in [3.8, 4) is 11.5 Å². The zero-order valence-corrected chi connectivity index (χ0v) is 14.7. The summed E-state index contributed by atoms with van der Waals surface area (Å²) in [5, 5.41) is 11.3. The van der Waals surface area contributed by atoms with Gasteiger partial charge in [0.25, 0.3) is 0 Å². The second kappa shape index (κ2) is 6.17. The molecule has 1 saturated heterocycles. The summed E-state index contributed by atoms with van der Waals surface area (Å²) < 4.78 is 17.7. The molecular formula is C18H20BNO5. The van der Waals surface area contributed by atoms with Crippen molar-refractivity contribution < 1.29 is 19.0 Å². The van der Waals surface area contributed by atoms with Gasteiger partial charge in [0.2, 0.25) is 5.75 Å². The molecule has 1 aliphatic heterocycles. The number of para-hydroxylation sites is 1. The Hall–Kier alpha value is -2.38. The summed E-state index contributed by atoms with van der Waals surface area (Å²) >= 11 is 0. The lowest BCUT2D eigenvalue weighted by Crippen LogP contribution is -2.41. The lowest BCUT2D eigenvalue weighted by atomic mass is 9.79. The van der Waals surface area contributed by atoms with Crippen molar-refractivity contribution in [1.82, 2.24) is 0 Å². The van der Waals surface area contributed by atoms with Crippen LogP contribution in [0.1, 0.15) is 27.7 Å². The lowest BCUT2D eigenvalue weighted by molar-refractivity contribution is -0.385. The van der Waals surface area contributed by atoms with E-state index in [-0.39, 0.29) is 11.4 Å². The van der Waals surface area contributed by atoms with E-state index < -0.39 is 23.2 Å². The number of hydrogen-bond donors (Lipinski definition) is 0.